The number of aromatic nitrogens is 2. The Balaban J connectivity index is 0.923. The Morgan fingerprint density at radius 1 is 0.254 bits per heavy atom. The van der Waals surface area contributed by atoms with E-state index in [4.69, 9.17) is 9.97 Å². The highest BCUT2D eigenvalue weighted by Crippen LogP contribution is 2.63. The Hall–Kier alpha value is -8.72. The first-order chi connectivity index (χ1) is 33.2. The zero-order valence-electron chi connectivity index (χ0n) is 36.5. The van der Waals surface area contributed by atoms with Gasteiger partial charge in [0, 0.05) is 16.7 Å². The molecule has 2 nitrogen and oxygen atoms in total. The van der Waals surface area contributed by atoms with Gasteiger partial charge >= 0.3 is 0 Å². The van der Waals surface area contributed by atoms with Crippen molar-refractivity contribution in [1.29, 1.82) is 0 Å². The Labute approximate surface area is 389 Å². The molecule has 0 N–H and O–H groups in total. The van der Waals surface area contributed by atoms with E-state index >= 15 is 0 Å². The fourth-order valence-corrected chi connectivity index (χ4v) is 11.6. The van der Waals surface area contributed by atoms with Gasteiger partial charge in [0.25, 0.3) is 0 Å². The van der Waals surface area contributed by atoms with Crippen molar-refractivity contribution in [3.8, 4) is 78.4 Å². The molecule has 0 aliphatic heterocycles. The number of rotatable bonds is 5. The van der Waals surface area contributed by atoms with Crippen LogP contribution in [0.3, 0.4) is 0 Å². The fourth-order valence-electron chi connectivity index (χ4n) is 11.6. The van der Waals surface area contributed by atoms with Crippen LogP contribution in [0.4, 0.5) is 0 Å². The third-order valence-electron chi connectivity index (χ3n) is 14.5. The highest BCUT2D eigenvalue weighted by molar-refractivity contribution is 6.20. The van der Waals surface area contributed by atoms with Gasteiger partial charge < -0.3 is 0 Å². The molecule has 1 spiro atoms. The summed E-state index contributed by atoms with van der Waals surface area (Å²) in [6.45, 7) is 0. The molecule has 0 fully saturated rings. The van der Waals surface area contributed by atoms with Gasteiger partial charge in [0.15, 0.2) is 5.82 Å². The molecular weight excluding hydrogens is 809 g/mol. The maximum absolute atomic E-state index is 5.36. The van der Waals surface area contributed by atoms with Crippen molar-refractivity contribution in [3.05, 3.63) is 265 Å². The average molecular weight is 849 g/mol. The molecule has 67 heavy (non-hydrogen) atoms. The standard InChI is InChI=1S/C65H40N2/c1-2-17-42(18-3-1)64-66-61(40-62(67-64)47-33-34-54-53-28-10-13-31-59(53)65(60(54)39-47)57-29-11-8-26-51(57)52-27-9-12-30-58(52)65)46-22-14-20-43(36-46)44-21-15-23-48(37-44)63-50-25-7-5-19-45(50)38-56-49-24-6-4-16-41(49)32-35-55(56)63/h1-40H. The second-order valence-electron chi connectivity index (χ2n) is 18.0. The van der Waals surface area contributed by atoms with Crippen LogP contribution in [0.2, 0.25) is 0 Å². The van der Waals surface area contributed by atoms with Crippen LogP contribution in [0.1, 0.15) is 22.3 Å². The minimum Gasteiger partial charge on any atom is -0.228 e. The highest BCUT2D eigenvalue weighted by Gasteiger charge is 2.51. The van der Waals surface area contributed by atoms with Gasteiger partial charge in [-0.2, -0.15) is 0 Å². The molecule has 0 atom stereocenters. The smallest absolute Gasteiger partial charge is 0.160 e. The molecule has 2 aliphatic carbocycles. The average Bonchev–Trinajstić information content (AvgIpc) is 3.87. The second kappa shape index (κ2) is 14.7. The van der Waals surface area contributed by atoms with E-state index in [0.29, 0.717) is 5.82 Å². The van der Waals surface area contributed by atoms with Gasteiger partial charge in [0.1, 0.15) is 0 Å². The molecule has 0 amide bonds. The summed E-state index contributed by atoms with van der Waals surface area (Å²) in [5.74, 6) is 0.700. The third kappa shape index (κ3) is 5.63. The molecule has 11 aromatic carbocycles. The molecule has 14 rings (SSSR count). The molecule has 310 valence electrons. The zero-order chi connectivity index (χ0) is 44.1. The first-order valence-corrected chi connectivity index (χ1v) is 23.1. The summed E-state index contributed by atoms with van der Waals surface area (Å²) in [7, 11) is 0. The minimum absolute atomic E-state index is 0.442. The molecule has 0 saturated carbocycles. The van der Waals surface area contributed by atoms with E-state index in [0.717, 1.165) is 39.2 Å². The monoisotopic (exact) mass is 848 g/mol. The van der Waals surface area contributed by atoms with Gasteiger partial charge in [-0.25, -0.2) is 9.97 Å². The van der Waals surface area contributed by atoms with E-state index < -0.39 is 5.41 Å². The SMILES string of the molecule is c1ccc(-c2nc(-c3cccc(-c4cccc(-c5c6ccccc6cc6c5ccc5ccccc56)c4)c3)cc(-c3ccc4c(c3)C3(c5ccccc5-c5ccccc53)c3ccccc3-4)n2)cc1. The summed E-state index contributed by atoms with van der Waals surface area (Å²) in [5.41, 5.74) is 19.6. The second-order valence-corrected chi connectivity index (χ2v) is 18.0. The molecule has 2 aliphatic rings. The van der Waals surface area contributed by atoms with E-state index in [9.17, 15) is 0 Å². The number of hydrogen-bond acceptors (Lipinski definition) is 2. The Bertz CT molecular complexity index is 3930. The van der Waals surface area contributed by atoms with Crippen LogP contribution in [-0.2, 0) is 5.41 Å². The Morgan fingerprint density at radius 3 is 1.45 bits per heavy atom. The summed E-state index contributed by atoms with van der Waals surface area (Å²) >= 11 is 0. The van der Waals surface area contributed by atoms with Gasteiger partial charge in [0.2, 0.25) is 0 Å². The van der Waals surface area contributed by atoms with E-state index in [1.54, 1.807) is 0 Å². The van der Waals surface area contributed by atoms with Crippen molar-refractivity contribution >= 4 is 32.3 Å². The zero-order valence-corrected chi connectivity index (χ0v) is 36.5. The lowest BCUT2D eigenvalue weighted by molar-refractivity contribution is 0.794. The lowest BCUT2D eigenvalue weighted by Crippen LogP contribution is -2.25. The lowest BCUT2D eigenvalue weighted by Gasteiger charge is -2.30. The first-order valence-electron chi connectivity index (χ1n) is 23.1. The molecule has 0 radical (unpaired) electrons. The van der Waals surface area contributed by atoms with Crippen LogP contribution in [-0.4, -0.2) is 9.97 Å². The maximum Gasteiger partial charge on any atom is 0.160 e. The highest BCUT2D eigenvalue weighted by atomic mass is 14.9. The minimum atomic E-state index is -0.442. The molecule has 1 heterocycles. The van der Waals surface area contributed by atoms with Gasteiger partial charge in [-0.15, -0.1) is 0 Å². The summed E-state index contributed by atoms with van der Waals surface area (Å²) in [4.78, 5) is 10.7. The summed E-state index contributed by atoms with van der Waals surface area (Å²) in [5, 5.41) is 7.54. The van der Waals surface area contributed by atoms with Gasteiger partial charge in [0.05, 0.1) is 16.8 Å². The van der Waals surface area contributed by atoms with E-state index in [-0.39, 0.29) is 0 Å². The van der Waals surface area contributed by atoms with Crippen LogP contribution < -0.4 is 0 Å². The topological polar surface area (TPSA) is 25.8 Å². The Kier molecular flexibility index (Phi) is 8.23. The summed E-state index contributed by atoms with van der Waals surface area (Å²) in [6, 6.07) is 88.8. The molecule has 1 aromatic heterocycles. The number of hydrogen-bond donors (Lipinski definition) is 0. The predicted molar refractivity (Wildman–Crippen MR) is 278 cm³/mol. The predicted octanol–water partition coefficient (Wildman–Crippen LogP) is 16.6. The van der Waals surface area contributed by atoms with Crippen molar-refractivity contribution in [2.75, 3.05) is 0 Å². The summed E-state index contributed by atoms with van der Waals surface area (Å²) in [6.07, 6.45) is 0. The van der Waals surface area contributed by atoms with Crippen molar-refractivity contribution in [2.45, 2.75) is 5.41 Å². The number of nitrogens with zero attached hydrogens (tertiary/aromatic N) is 2. The normalized spacial score (nSPS) is 12.9. The largest absolute Gasteiger partial charge is 0.228 e. The van der Waals surface area contributed by atoms with Crippen molar-refractivity contribution in [3.63, 3.8) is 0 Å². The van der Waals surface area contributed by atoms with Crippen LogP contribution in [0.25, 0.3) is 111 Å². The van der Waals surface area contributed by atoms with Gasteiger partial charge in [-0.3, -0.25) is 0 Å². The van der Waals surface area contributed by atoms with E-state index in [2.05, 4.69) is 237 Å². The molecule has 0 bridgehead atoms. The van der Waals surface area contributed by atoms with E-state index in [1.807, 2.05) is 6.07 Å². The van der Waals surface area contributed by atoms with Crippen molar-refractivity contribution in [2.24, 2.45) is 0 Å². The maximum atomic E-state index is 5.36. The van der Waals surface area contributed by atoms with Gasteiger partial charge in [-0.05, 0) is 129 Å². The first kappa shape index (κ1) is 37.6. The van der Waals surface area contributed by atoms with Crippen LogP contribution in [0.5, 0.6) is 0 Å². The van der Waals surface area contributed by atoms with Crippen molar-refractivity contribution in [1.82, 2.24) is 9.97 Å². The van der Waals surface area contributed by atoms with Gasteiger partial charge in [-0.1, -0.05) is 212 Å². The van der Waals surface area contributed by atoms with Crippen LogP contribution >= 0.6 is 0 Å². The molecule has 12 aromatic rings. The number of fused-ring (bicyclic) bond motifs is 14. The third-order valence-corrected chi connectivity index (χ3v) is 14.5. The molecule has 2 heteroatoms. The Morgan fingerprint density at radius 2 is 0.761 bits per heavy atom. The fraction of sp³-hybridized carbons (Fsp3) is 0.0154. The molecule has 0 saturated heterocycles. The molecular formula is C65H40N2. The van der Waals surface area contributed by atoms with Crippen LogP contribution in [0, 0.1) is 0 Å². The summed E-state index contributed by atoms with van der Waals surface area (Å²) < 4.78 is 0. The van der Waals surface area contributed by atoms with Crippen LogP contribution in [0.15, 0.2) is 243 Å². The van der Waals surface area contributed by atoms with Crippen molar-refractivity contribution < 1.29 is 0 Å². The quantitative estimate of drug-likeness (QED) is 0.127. The lowest BCUT2D eigenvalue weighted by atomic mass is 9.70. The number of benzene rings is 11. The van der Waals surface area contributed by atoms with E-state index in [1.165, 1.54) is 88.0 Å². The molecule has 0 unspecified atom stereocenters.